The molecule has 0 unspecified atom stereocenters. The first-order valence-electron chi connectivity index (χ1n) is 14.4. The summed E-state index contributed by atoms with van der Waals surface area (Å²) in [6, 6.07) is 9.73. The molecule has 1 saturated carbocycles. The molecule has 40 heavy (non-hydrogen) atoms. The van der Waals surface area contributed by atoms with E-state index in [0.29, 0.717) is 18.6 Å². The molecule has 1 aromatic carbocycles. The van der Waals surface area contributed by atoms with Gasteiger partial charge in [0.1, 0.15) is 0 Å². The van der Waals surface area contributed by atoms with Gasteiger partial charge < -0.3 is 20.0 Å². The van der Waals surface area contributed by atoms with Crippen LogP contribution in [0.1, 0.15) is 86.3 Å². The molecule has 3 aromatic heterocycles. The number of nitrogen functional groups attached to an aromatic ring is 1. The Morgan fingerprint density at radius 2 is 1.50 bits per heavy atom. The molecule has 0 radical (unpaired) electrons. The van der Waals surface area contributed by atoms with Crippen molar-refractivity contribution in [1.29, 1.82) is 0 Å². The van der Waals surface area contributed by atoms with Gasteiger partial charge in [-0.3, -0.25) is 18.7 Å². The molecule has 1 fully saturated rings. The molecule has 0 spiro atoms. The van der Waals surface area contributed by atoms with E-state index in [0.717, 1.165) is 16.6 Å². The van der Waals surface area contributed by atoms with Crippen molar-refractivity contribution in [3.05, 3.63) is 56.9 Å². The average molecular weight is 559 g/mol. The van der Waals surface area contributed by atoms with Gasteiger partial charge in [-0.2, -0.15) is 4.98 Å². The van der Waals surface area contributed by atoms with Crippen LogP contribution in [0.2, 0.25) is 0 Å². The lowest BCUT2D eigenvalue weighted by Crippen LogP contribution is -2.39. The van der Waals surface area contributed by atoms with Gasteiger partial charge in [0.2, 0.25) is 5.95 Å². The number of carbonyl (C=O) groups excluding carboxylic acids is 1. The van der Waals surface area contributed by atoms with E-state index in [1.54, 1.807) is 21.0 Å². The van der Waals surface area contributed by atoms with Crippen molar-refractivity contribution in [3.8, 4) is 0 Å². The minimum absolute atomic E-state index is 0.154. The highest BCUT2D eigenvalue weighted by Crippen LogP contribution is 2.16. The Bertz CT molecular complexity index is 1340. The average Bonchev–Trinajstić information content (AvgIpc) is 3.76. The number of carbonyl (C=O) groups is 1. The predicted molar refractivity (Wildman–Crippen MR) is 167 cm³/mol. The summed E-state index contributed by atoms with van der Waals surface area (Å²) >= 11 is 0. The number of ether oxygens (including phenoxy) is 1. The van der Waals surface area contributed by atoms with Crippen LogP contribution in [0.5, 0.6) is 0 Å². The van der Waals surface area contributed by atoms with Crippen LogP contribution >= 0.6 is 0 Å². The standard InChI is InChI=1S/C16H16N6O2.C5H10.C3H6O2.3C2H6/c1-20-12-13(19-15(20)17)21(2)16(24)22(14(12)23)8-10-7-9-5-3-4-6-11(9)18-10;1-2-4-5-3-1;1-2-5-3-4;3*1-2/h3-7,18H,8H2,1-2H3,(H2,17,19);1-5H2;3H,2H2,1H3;3*1-2H3. The summed E-state index contributed by atoms with van der Waals surface area (Å²) in [5.74, 6) is 0.195. The smallest absolute Gasteiger partial charge is 0.332 e. The van der Waals surface area contributed by atoms with E-state index < -0.39 is 11.2 Å². The summed E-state index contributed by atoms with van der Waals surface area (Å²) in [6.07, 6.45) is 7.50. The van der Waals surface area contributed by atoms with Gasteiger partial charge in [-0.1, -0.05) is 91.8 Å². The lowest BCUT2D eigenvalue weighted by molar-refractivity contribution is -0.128. The number of para-hydroxylation sites is 1. The minimum atomic E-state index is -0.427. The lowest BCUT2D eigenvalue weighted by atomic mass is 10.2. The van der Waals surface area contributed by atoms with E-state index >= 15 is 0 Å². The van der Waals surface area contributed by atoms with Crippen molar-refractivity contribution >= 4 is 34.5 Å². The Morgan fingerprint density at radius 3 is 1.98 bits per heavy atom. The third kappa shape index (κ3) is 9.73. The molecule has 4 aromatic rings. The van der Waals surface area contributed by atoms with Crippen LogP contribution in [0.15, 0.2) is 39.9 Å². The normalized spacial score (nSPS) is 11.2. The van der Waals surface area contributed by atoms with Gasteiger partial charge in [-0.15, -0.1) is 0 Å². The second-order valence-corrected chi connectivity index (χ2v) is 8.14. The summed E-state index contributed by atoms with van der Waals surface area (Å²) in [7, 11) is 3.24. The van der Waals surface area contributed by atoms with Crippen LogP contribution in [-0.4, -0.2) is 36.7 Å². The summed E-state index contributed by atoms with van der Waals surface area (Å²) < 4.78 is 8.18. The van der Waals surface area contributed by atoms with E-state index in [4.69, 9.17) is 5.73 Å². The van der Waals surface area contributed by atoms with E-state index in [9.17, 15) is 14.4 Å². The molecular weight excluding hydrogens is 508 g/mol. The minimum Gasteiger partial charge on any atom is -0.468 e. The molecule has 0 aliphatic heterocycles. The number of aromatic nitrogens is 5. The molecule has 0 amide bonds. The van der Waals surface area contributed by atoms with Gasteiger partial charge in [0.15, 0.2) is 11.2 Å². The van der Waals surface area contributed by atoms with Crippen LogP contribution in [0.4, 0.5) is 5.95 Å². The molecular formula is C30H50N6O4. The highest BCUT2D eigenvalue weighted by atomic mass is 16.5. The van der Waals surface area contributed by atoms with Crippen LogP contribution in [0, 0.1) is 0 Å². The summed E-state index contributed by atoms with van der Waals surface area (Å²) in [6.45, 7) is 14.8. The first kappa shape index (κ1) is 36.2. The third-order valence-corrected chi connectivity index (χ3v) is 5.79. The fourth-order valence-electron chi connectivity index (χ4n) is 3.94. The molecule has 0 bridgehead atoms. The zero-order valence-electron chi connectivity index (χ0n) is 25.9. The summed E-state index contributed by atoms with van der Waals surface area (Å²) in [5.41, 5.74) is 7.29. The number of hydrogen-bond acceptors (Lipinski definition) is 6. The van der Waals surface area contributed by atoms with E-state index in [1.165, 1.54) is 45.8 Å². The van der Waals surface area contributed by atoms with Crippen LogP contribution < -0.4 is 17.0 Å². The molecule has 10 heteroatoms. The molecule has 0 saturated heterocycles. The molecule has 1 aliphatic carbocycles. The number of nitrogens with zero attached hydrogens (tertiary/aromatic N) is 4. The number of hydrogen-bond donors (Lipinski definition) is 2. The second kappa shape index (κ2) is 20.1. The highest BCUT2D eigenvalue weighted by molar-refractivity contribution is 5.80. The molecule has 10 nitrogen and oxygen atoms in total. The molecule has 1 aliphatic rings. The molecule has 3 heterocycles. The van der Waals surface area contributed by atoms with Gasteiger partial charge in [-0.25, -0.2) is 4.79 Å². The predicted octanol–water partition coefficient (Wildman–Crippen LogP) is 5.75. The number of fused-ring (bicyclic) bond motifs is 2. The Labute approximate surface area is 238 Å². The monoisotopic (exact) mass is 558 g/mol. The number of rotatable bonds is 4. The second-order valence-electron chi connectivity index (χ2n) is 8.14. The molecule has 224 valence electrons. The van der Waals surface area contributed by atoms with Gasteiger partial charge in [-0.05, 0) is 24.4 Å². The number of aryl methyl sites for hydroxylation is 2. The fraction of sp³-hybridized carbons (Fsp3) is 0.533. The van der Waals surface area contributed by atoms with Crippen molar-refractivity contribution in [1.82, 2.24) is 23.7 Å². The third-order valence-electron chi connectivity index (χ3n) is 5.79. The van der Waals surface area contributed by atoms with Crippen LogP contribution in [0.3, 0.4) is 0 Å². The molecule has 0 atom stereocenters. The highest BCUT2D eigenvalue weighted by Gasteiger charge is 2.17. The maximum atomic E-state index is 12.8. The van der Waals surface area contributed by atoms with Crippen molar-refractivity contribution in [2.45, 2.75) is 87.1 Å². The zero-order chi connectivity index (χ0) is 30.7. The molecule has 5 rings (SSSR count). The van der Waals surface area contributed by atoms with Gasteiger partial charge >= 0.3 is 5.69 Å². The first-order valence-corrected chi connectivity index (χ1v) is 14.4. The maximum Gasteiger partial charge on any atom is 0.332 e. The van der Waals surface area contributed by atoms with Crippen LogP contribution in [-0.2, 0) is 30.2 Å². The summed E-state index contributed by atoms with van der Waals surface area (Å²) in [5, 5.41) is 1.03. The lowest BCUT2D eigenvalue weighted by Gasteiger charge is -2.07. The number of aromatic amines is 1. The number of anilines is 1. The Hall–Kier alpha value is -3.82. The SMILES string of the molecule is C1CCCC1.CC.CC.CC.CCOC=O.Cn1c(N)nc2c1c(=O)n(Cc1cc3ccccc3[nH]1)c(=O)n2C. The van der Waals surface area contributed by atoms with E-state index in [-0.39, 0.29) is 18.1 Å². The van der Waals surface area contributed by atoms with Gasteiger partial charge in [0, 0.05) is 25.3 Å². The van der Waals surface area contributed by atoms with Crippen LogP contribution in [0.25, 0.3) is 22.1 Å². The van der Waals surface area contributed by atoms with Crippen molar-refractivity contribution in [3.63, 3.8) is 0 Å². The van der Waals surface area contributed by atoms with Gasteiger partial charge in [0.05, 0.1) is 13.2 Å². The fourth-order valence-corrected chi connectivity index (χ4v) is 3.94. The summed E-state index contributed by atoms with van der Waals surface area (Å²) in [4.78, 5) is 41.9. The molecule has 3 N–H and O–H groups in total. The first-order chi connectivity index (χ1) is 19.4. The van der Waals surface area contributed by atoms with Crippen molar-refractivity contribution in [2.75, 3.05) is 12.3 Å². The number of benzene rings is 1. The Morgan fingerprint density at radius 1 is 0.950 bits per heavy atom. The Kier molecular flexibility index (Phi) is 18.2. The topological polar surface area (TPSA) is 130 Å². The Balaban J connectivity index is 0.000000789. The van der Waals surface area contributed by atoms with Crippen molar-refractivity contribution in [2.24, 2.45) is 14.1 Å². The number of H-pyrrole nitrogens is 1. The number of imidazole rings is 1. The van der Waals surface area contributed by atoms with Crippen molar-refractivity contribution < 1.29 is 9.53 Å². The zero-order valence-corrected chi connectivity index (χ0v) is 25.9. The number of nitrogens with two attached hydrogens (primary N) is 1. The maximum absolute atomic E-state index is 12.8. The van der Waals surface area contributed by atoms with Gasteiger partial charge in [0.25, 0.3) is 12.0 Å². The van der Waals surface area contributed by atoms with E-state index in [2.05, 4.69) is 14.7 Å². The quantitative estimate of drug-likeness (QED) is 0.307. The number of nitrogens with one attached hydrogen (secondary N) is 1. The largest absolute Gasteiger partial charge is 0.468 e. The van der Waals surface area contributed by atoms with E-state index in [1.807, 2.05) is 71.9 Å².